The van der Waals surface area contributed by atoms with Crippen molar-refractivity contribution in [2.24, 2.45) is 0 Å². The fourth-order valence-electron chi connectivity index (χ4n) is 1.52. The van der Waals surface area contributed by atoms with Gasteiger partial charge in [0.25, 0.3) is 0 Å². The minimum Gasteiger partial charge on any atom is -0.368 e. The molecule has 2 rings (SSSR count). The molecule has 17 heavy (non-hydrogen) atoms. The van der Waals surface area contributed by atoms with Crippen LogP contribution in [0.1, 0.15) is 0 Å². The van der Waals surface area contributed by atoms with Crippen molar-refractivity contribution in [2.75, 3.05) is 13.2 Å². The van der Waals surface area contributed by atoms with Gasteiger partial charge in [-0.15, -0.1) is 25.7 Å². The molecule has 3 heteroatoms. The lowest BCUT2D eigenvalue weighted by atomic mass is 9.96. The van der Waals surface area contributed by atoms with E-state index in [1.807, 2.05) is 0 Å². The molecule has 2 saturated heterocycles. The smallest absolute Gasteiger partial charge is 0.220 e. The summed E-state index contributed by atoms with van der Waals surface area (Å²) >= 11 is 0. The van der Waals surface area contributed by atoms with Crippen molar-refractivity contribution in [3.8, 4) is 49.4 Å². The van der Waals surface area contributed by atoms with Crippen LogP contribution in [0.25, 0.3) is 0 Å². The normalized spacial score (nSPS) is 25.9. The highest BCUT2D eigenvalue weighted by Crippen LogP contribution is 2.36. The number of ether oxygens (including phenoxy) is 3. The van der Waals surface area contributed by atoms with Gasteiger partial charge in [-0.1, -0.05) is 23.7 Å². The van der Waals surface area contributed by atoms with E-state index in [4.69, 9.17) is 39.9 Å². The van der Waals surface area contributed by atoms with E-state index in [1.54, 1.807) is 0 Å². The molecular formula is C14H10O3. The van der Waals surface area contributed by atoms with Crippen molar-refractivity contribution in [1.29, 1.82) is 0 Å². The summed E-state index contributed by atoms with van der Waals surface area (Å²) in [5.41, 5.74) is -2.66. The van der Waals surface area contributed by atoms with E-state index in [1.165, 1.54) is 0 Å². The SMILES string of the molecule is C#CC(C#C)(OC(C#C)(C#C)C1CO1)C1CO1. The largest absolute Gasteiger partial charge is 0.368 e. The highest BCUT2D eigenvalue weighted by Gasteiger charge is 2.56. The summed E-state index contributed by atoms with van der Waals surface area (Å²) in [6.07, 6.45) is 21.0. The molecule has 2 aliphatic rings. The molecule has 2 unspecified atom stereocenters. The first-order chi connectivity index (χ1) is 8.16. The highest BCUT2D eigenvalue weighted by atomic mass is 16.6. The van der Waals surface area contributed by atoms with Gasteiger partial charge in [0.2, 0.25) is 11.2 Å². The Labute approximate surface area is 101 Å². The van der Waals surface area contributed by atoms with Crippen molar-refractivity contribution in [2.45, 2.75) is 23.4 Å². The zero-order valence-electron chi connectivity index (χ0n) is 9.10. The van der Waals surface area contributed by atoms with E-state index in [9.17, 15) is 0 Å². The van der Waals surface area contributed by atoms with Gasteiger partial charge in [0.15, 0.2) is 0 Å². The first-order valence-corrected chi connectivity index (χ1v) is 5.01. The molecule has 84 valence electrons. The molecule has 0 aromatic carbocycles. The quantitative estimate of drug-likeness (QED) is 0.492. The summed E-state index contributed by atoms with van der Waals surface area (Å²) in [4.78, 5) is 0. The van der Waals surface area contributed by atoms with Gasteiger partial charge in [0.05, 0.1) is 13.2 Å². The summed E-state index contributed by atoms with van der Waals surface area (Å²) in [6.45, 7) is 0.871. The summed E-state index contributed by atoms with van der Waals surface area (Å²) in [5.74, 6) is 9.61. The summed E-state index contributed by atoms with van der Waals surface area (Å²) in [5, 5.41) is 0. The van der Waals surface area contributed by atoms with Crippen molar-refractivity contribution in [3.63, 3.8) is 0 Å². The van der Waals surface area contributed by atoms with E-state index in [2.05, 4.69) is 23.7 Å². The van der Waals surface area contributed by atoms with Crippen LogP contribution in [0, 0.1) is 49.4 Å². The monoisotopic (exact) mass is 226 g/mol. The molecule has 0 aromatic heterocycles. The van der Waals surface area contributed by atoms with Crippen LogP contribution in [0.5, 0.6) is 0 Å². The summed E-state index contributed by atoms with van der Waals surface area (Å²) < 4.78 is 15.9. The molecule has 3 nitrogen and oxygen atoms in total. The van der Waals surface area contributed by atoms with Crippen molar-refractivity contribution in [1.82, 2.24) is 0 Å². The first-order valence-electron chi connectivity index (χ1n) is 5.01. The maximum absolute atomic E-state index is 5.68. The standard InChI is InChI=1S/C14H10O3/c1-5-13(6-2,11-9-15-11)17-14(7-3,8-4)12-10-16-12/h1-4,11-12H,9-10H2. The number of hydrogen-bond acceptors (Lipinski definition) is 3. The second kappa shape index (κ2) is 3.85. The lowest BCUT2D eigenvalue weighted by Crippen LogP contribution is -2.48. The predicted molar refractivity (Wildman–Crippen MR) is 61.4 cm³/mol. The second-order valence-electron chi connectivity index (χ2n) is 3.79. The number of terminal acetylenes is 4. The Hall–Kier alpha value is -1.88. The third-order valence-electron chi connectivity index (χ3n) is 2.75. The predicted octanol–water partition coefficient (Wildman–Crippen LogP) is -0.189. The summed E-state index contributed by atoms with van der Waals surface area (Å²) in [7, 11) is 0. The van der Waals surface area contributed by atoms with Crippen LogP contribution in [0.4, 0.5) is 0 Å². The Morgan fingerprint density at radius 3 is 1.29 bits per heavy atom. The van der Waals surface area contributed by atoms with Gasteiger partial charge in [-0.3, -0.25) is 0 Å². The first kappa shape index (κ1) is 11.6. The Morgan fingerprint density at radius 2 is 1.12 bits per heavy atom. The highest BCUT2D eigenvalue weighted by molar-refractivity contribution is 5.38. The average Bonchev–Trinajstić information content (AvgIpc) is 3.21. The molecule has 0 aromatic rings. The molecule has 0 saturated carbocycles. The molecular weight excluding hydrogens is 216 g/mol. The van der Waals surface area contributed by atoms with E-state index in [0.29, 0.717) is 13.2 Å². The van der Waals surface area contributed by atoms with E-state index in [-0.39, 0.29) is 12.2 Å². The zero-order chi connectivity index (χ0) is 12.5. The van der Waals surface area contributed by atoms with Gasteiger partial charge in [0.1, 0.15) is 12.2 Å². The minimum absolute atomic E-state index is 0.364. The van der Waals surface area contributed by atoms with Gasteiger partial charge in [0, 0.05) is 0 Å². The molecule has 0 bridgehead atoms. The van der Waals surface area contributed by atoms with Crippen molar-refractivity contribution >= 4 is 0 Å². The Morgan fingerprint density at radius 1 is 0.824 bits per heavy atom. The van der Waals surface area contributed by atoms with Crippen LogP contribution in [-0.4, -0.2) is 36.6 Å². The van der Waals surface area contributed by atoms with Gasteiger partial charge < -0.3 is 14.2 Å². The summed E-state index contributed by atoms with van der Waals surface area (Å²) in [6, 6.07) is 0. The van der Waals surface area contributed by atoms with Gasteiger partial charge in [-0.05, 0) is 0 Å². The second-order valence-corrected chi connectivity index (χ2v) is 3.79. The van der Waals surface area contributed by atoms with Gasteiger partial charge >= 0.3 is 0 Å². The fourth-order valence-corrected chi connectivity index (χ4v) is 1.52. The molecule has 0 radical (unpaired) electrons. The Kier molecular flexibility index (Phi) is 2.63. The van der Waals surface area contributed by atoms with Crippen LogP contribution in [0.2, 0.25) is 0 Å². The zero-order valence-corrected chi connectivity index (χ0v) is 9.10. The van der Waals surface area contributed by atoms with Crippen LogP contribution in [0.15, 0.2) is 0 Å². The lowest BCUT2D eigenvalue weighted by Gasteiger charge is -2.30. The van der Waals surface area contributed by atoms with Gasteiger partial charge in [-0.2, -0.15) is 0 Å². The van der Waals surface area contributed by atoms with Gasteiger partial charge in [-0.25, -0.2) is 0 Å². The van der Waals surface area contributed by atoms with E-state index < -0.39 is 11.2 Å². The van der Waals surface area contributed by atoms with Crippen LogP contribution in [-0.2, 0) is 14.2 Å². The van der Waals surface area contributed by atoms with Crippen LogP contribution >= 0.6 is 0 Å². The molecule has 0 spiro atoms. The average molecular weight is 226 g/mol. The lowest BCUT2D eigenvalue weighted by molar-refractivity contribution is -0.0580. The van der Waals surface area contributed by atoms with Crippen molar-refractivity contribution < 1.29 is 14.2 Å². The third-order valence-corrected chi connectivity index (χ3v) is 2.75. The Bertz CT molecular complexity index is 410. The maximum Gasteiger partial charge on any atom is 0.220 e. The molecule has 2 heterocycles. The minimum atomic E-state index is -1.33. The van der Waals surface area contributed by atoms with Crippen LogP contribution in [0.3, 0.4) is 0 Å². The number of rotatable bonds is 4. The van der Waals surface area contributed by atoms with Crippen LogP contribution < -0.4 is 0 Å². The molecule has 0 aliphatic carbocycles. The molecule has 2 fully saturated rings. The van der Waals surface area contributed by atoms with Crippen molar-refractivity contribution in [3.05, 3.63) is 0 Å². The topological polar surface area (TPSA) is 34.3 Å². The van der Waals surface area contributed by atoms with E-state index >= 15 is 0 Å². The molecule has 2 atom stereocenters. The Balaban J connectivity index is 2.30. The molecule has 2 aliphatic heterocycles. The number of epoxide rings is 2. The van der Waals surface area contributed by atoms with E-state index in [0.717, 1.165) is 0 Å². The number of hydrogen-bond donors (Lipinski definition) is 0. The molecule has 0 amide bonds. The maximum atomic E-state index is 5.68. The molecule has 0 N–H and O–H groups in total. The third kappa shape index (κ3) is 1.78. The fraction of sp³-hybridized carbons (Fsp3) is 0.429.